The average molecular weight is 230 g/mol. The molecule has 1 aliphatic rings. The van der Waals surface area contributed by atoms with Gasteiger partial charge in [-0.1, -0.05) is 0 Å². The molecule has 0 radical (unpaired) electrons. The van der Waals surface area contributed by atoms with Gasteiger partial charge in [-0.15, -0.1) is 0 Å². The largest absolute Gasteiger partial charge is 0.493 e. The third-order valence-corrected chi connectivity index (χ3v) is 2.43. The topological polar surface area (TPSA) is 66.8 Å². The lowest BCUT2D eigenvalue weighted by Crippen LogP contribution is -2.15. The second-order valence-electron chi connectivity index (χ2n) is 3.40. The van der Waals surface area contributed by atoms with Crippen LogP contribution in [0.2, 0.25) is 0 Å². The summed E-state index contributed by atoms with van der Waals surface area (Å²) < 4.78 is 32.0. The zero-order valence-corrected chi connectivity index (χ0v) is 8.04. The van der Waals surface area contributed by atoms with E-state index in [-0.39, 0.29) is 24.3 Å². The lowest BCUT2D eigenvalue weighted by Gasteiger charge is -2.11. The number of ether oxygens (including phenoxy) is 1. The summed E-state index contributed by atoms with van der Waals surface area (Å²) in [7, 11) is 0. The van der Waals surface area contributed by atoms with Crippen molar-refractivity contribution in [3.05, 3.63) is 28.8 Å². The van der Waals surface area contributed by atoms with Crippen LogP contribution in [-0.2, 0) is 11.2 Å². The Morgan fingerprint density at radius 2 is 2.19 bits per heavy atom. The fourth-order valence-corrected chi connectivity index (χ4v) is 1.65. The van der Waals surface area contributed by atoms with Crippen molar-refractivity contribution in [2.75, 3.05) is 6.61 Å². The van der Waals surface area contributed by atoms with E-state index in [1.54, 1.807) is 0 Å². The first-order valence-corrected chi connectivity index (χ1v) is 4.56. The molecule has 1 aromatic rings. The van der Waals surface area contributed by atoms with Crippen LogP contribution in [0.25, 0.3) is 0 Å². The summed E-state index contributed by atoms with van der Waals surface area (Å²) in [4.78, 5) is 10.5. The monoisotopic (exact) mass is 230 g/mol. The number of aliphatic hydroxyl groups is 1. The Balaban J connectivity index is 2.58. The number of benzene rings is 1. The van der Waals surface area contributed by atoms with E-state index in [9.17, 15) is 18.7 Å². The smallest absolute Gasteiger partial charge is 0.337 e. The van der Waals surface area contributed by atoms with Gasteiger partial charge in [0.1, 0.15) is 17.4 Å². The van der Waals surface area contributed by atoms with Crippen LogP contribution in [0.3, 0.4) is 0 Å². The van der Waals surface area contributed by atoms with Gasteiger partial charge < -0.3 is 14.9 Å². The second kappa shape index (κ2) is 3.71. The maximum Gasteiger partial charge on any atom is 0.337 e. The van der Waals surface area contributed by atoms with Gasteiger partial charge in [0, 0.05) is 18.1 Å². The summed E-state index contributed by atoms with van der Waals surface area (Å²) in [6.07, 6.45) is -1.97. The van der Waals surface area contributed by atoms with Gasteiger partial charge in [-0.05, 0) is 0 Å². The van der Waals surface area contributed by atoms with Gasteiger partial charge in [0.05, 0.1) is 12.2 Å². The molecule has 2 rings (SSSR count). The number of carboxylic acids is 1. The van der Waals surface area contributed by atoms with E-state index in [4.69, 9.17) is 9.84 Å². The minimum atomic E-state index is -2.20. The normalized spacial score (nSPS) is 15.4. The fourth-order valence-electron chi connectivity index (χ4n) is 1.65. The van der Waals surface area contributed by atoms with Gasteiger partial charge >= 0.3 is 5.97 Å². The molecule has 0 spiro atoms. The molecule has 16 heavy (non-hydrogen) atoms. The quantitative estimate of drug-likeness (QED) is 0.795. The maximum absolute atomic E-state index is 13.7. The van der Waals surface area contributed by atoms with Gasteiger partial charge in [0.2, 0.25) is 0 Å². The molecule has 0 aliphatic carbocycles. The Hall–Kier alpha value is -1.69. The van der Waals surface area contributed by atoms with Gasteiger partial charge in [-0.3, -0.25) is 0 Å². The molecule has 86 valence electrons. The Labute approximate surface area is 89.1 Å². The van der Waals surface area contributed by atoms with Crippen LogP contribution in [0.1, 0.15) is 17.2 Å². The van der Waals surface area contributed by atoms with E-state index in [1.807, 2.05) is 0 Å². The molecule has 6 heteroatoms. The molecular formula is C10H8F2O4. The van der Waals surface area contributed by atoms with Gasteiger partial charge in [0.25, 0.3) is 0 Å². The first-order chi connectivity index (χ1) is 7.52. The van der Waals surface area contributed by atoms with Crippen molar-refractivity contribution >= 4 is 5.97 Å². The van der Waals surface area contributed by atoms with Gasteiger partial charge in [0.15, 0.2) is 6.10 Å². The highest BCUT2D eigenvalue weighted by atomic mass is 19.1. The summed E-state index contributed by atoms with van der Waals surface area (Å²) in [5, 5.41) is 17.7. The van der Waals surface area contributed by atoms with Crippen LogP contribution in [0.4, 0.5) is 8.78 Å². The van der Waals surface area contributed by atoms with Crippen molar-refractivity contribution in [3.8, 4) is 5.75 Å². The number of fused-ring (bicyclic) bond motifs is 1. The van der Waals surface area contributed by atoms with Gasteiger partial charge in [-0.25, -0.2) is 13.6 Å². The number of rotatable bonds is 2. The number of halogens is 2. The number of carbonyl (C=O) groups is 1. The molecule has 1 unspecified atom stereocenters. The second-order valence-corrected chi connectivity index (χ2v) is 3.40. The molecule has 0 bridgehead atoms. The third kappa shape index (κ3) is 1.51. The summed E-state index contributed by atoms with van der Waals surface area (Å²) in [6, 6.07) is 0.896. The highest BCUT2D eigenvalue weighted by molar-refractivity contribution is 5.74. The average Bonchev–Trinajstić information content (AvgIpc) is 2.65. The molecule has 1 atom stereocenters. The standard InChI is InChI=1S/C10H8F2O4/c11-5-3-6-4(1-2-16-6)8(12)7(5)9(13)10(14)15/h3,9,13H,1-2H2,(H,14,15). The Morgan fingerprint density at radius 1 is 1.50 bits per heavy atom. The van der Waals surface area contributed by atoms with Gasteiger partial charge in [-0.2, -0.15) is 0 Å². The van der Waals surface area contributed by atoms with E-state index in [0.29, 0.717) is 0 Å². The van der Waals surface area contributed by atoms with E-state index < -0.39 is 29.3 Å². The number of aliphatic carboxylic acids is 1. The van der Waals surface area contributed by atoms with Crippen LogP contribution >= 0.6 is 0 Å². The predicted octanol–water partition coefficient (Wildman–Crippen LogP) is 1.02. The molecule has 0 amide bonds. The molecule has 0 saturated carbocycles. The molecular weight excluding hydrogens is 222 g/mol. The van der Waals surface area contributed by atoms with Crippen molar-refractivity contribution in [2.45, 2.75) is 12.5 Å². The van der Waals surface area contributed by atoms with Crippen molar-refractivity contribution < 1.29 is 28.5 Å². The lowest BCUT2D eigenvalue weighted by atomic mass is 10.0. The highest BCUT2D eigenvalue weighted by Crippen LogP contribution is 2.34. The molecule has 2 N–H and O–H groups in total. The molecule has 4 nitrogen and oxygen atoms in total. The molecule has 1 aromatic carbocycles. The number of aliphatic hydroxyl groups excluding tert-OH is 1. The van der Waals surface area contributed by atoms with Crippen molar-refractivity contribution in [1.29, 1.82) is 0 Å². The highest BCUT2D eigenvalue weighted by Gasteiger charge is 2.30. The Kier molecular flexibility index (Phi) is 2.51. The van der Waals surface area contributed by atoms with Crippen LogP contribution in [0, 0.1) is 11.6 Å². The van der Waals surface area contributed by atoms with Crippen molar-refractivity contribution in [2.24, 2.45) is 0 Å². The number of hydrogen-bond acceptors (Lipinski definition) is 3. The zero-order chi connectivity index (χ0) is 11.9. The van der Waals surface area contributed by atoms with Crippen molar-refractivity contribution in [3.63, 3.8) is 0 Å². The maximum atomic E-state index is 13.7. The van der Waals surface area contributed by atoms with Crippen LogP contribution in [0.5, 0.6) is 5.75 Å². The summed E-state index contributed by atoms with van der Waals surface area (Å²) in [5.41, 5.74) is -0.728. The van der Waals surface area contributed by atoms with E-state index >= 15 is 0 Å². The Morgan fingerprint density at radius 3 is 2.81 bits per heavy atom. The third-order valence-electron chi connectivity index (χ3n) is 2.43. The zero-order valence-electron chi connectivity index (χ0n) is 8.04. The molecule has 1 heterocycles. The van der Waals surface area contributed by atoms with Crippen LogP contribution in [-0.4, -0.2) is 22.8 Å². The fraction of sp³-hybridized carbons (Fsp3) is 0.300. The lowest BCUT2D eigenvalue weighted by molar-refractivity contribution is -0.147. The van der Waals surface area contributed by atoms with Crippen LogP contribution < -0.4 is 4.74 Å². The van der Waals surface area contributed by atoms with E-state index in [2.05, 4.69) is 0 Å². The minimum Gasteiger partial charge on any atom is -0.493 e. The molecule has 0 saturated heterocycles. The summed E-state index contributed by atoms with van der Waals surface area (Å²) in [5.74, 6) is -3.79. The Bertz CT molecular complexity index is 459. The first kappa shape index (κ1) is 10.8. The SMILES string of the molecule is O=C(O)C(O)c1c(F)cc2c(c1F)CCO2. The number of hydrogen-bond donors (Lipinski definition) is 2. The molecule has 1 aliphatic heterocycles. The van der Waals surface area contributed by atoms with E-state index in [0.717, 1.165) is 6.07 Å². The summed E-state index contributed by atoms with van der Waals surface area (Å²) in [6.45, 7) is 0.221. The van der Waals surface area contributed by atoms with Crippen LogP contribution in [0.15, 0.2) is 6.07 Å². The molecule has 0 fully saturated rings. The summed E-state index contributed by atoms with van der Waals surface area (Å²) >= 11 is 0. The number of carboxylic acid groups (broad SMARTS) is 1. The minimum absolute atomic E-state index is 0.0661. The van der Waals surface area contributed by atoms with Crippen molar-refractivity contribution in [1.82, 2.24) is 0 Å². The predicted molar refractivity (Wildman–Crippen MR) is 48.2 cm³/mol. The first-order valence-electron chi connectivity index (χ1n) is 4.56. The molecule has 0 aromatic heterocycles. The van der Waals surface area contributed by atoms with E-state index in [1.165, 1.54) is 0 Å².